The standard InChI is InChI=1S/C38H49FN2/c1-8-10-11-12-13-14-16-28-21-29(26-39)23-31(22-28)30-18-19-35-33(24-30)34(25-38(5,6)7)37(41(35)9-2)32-17-15-20-40-36(32)27(3)4/h8,15,17-24,27H,1,9-14,16,25-26H2,2-7H3. The van der Waals surface area contributed by atoms with E-state index in [-0.39, 0.29) is 5.41 Å². The van der Waals surface area contributed by atoms with Gasteiger partial charge in [0.25, 0.3) is 0 Å². The number of rotatable bonds is 13. The van der Waals surface area contributed by atoms with Crippen LogP contribution in [0.4, 0.5) is 4.39 Å². The first-order chi connectivity index (χ1) is 19.7. The van der Waals surface area contributed by atoms with Crippen LogP contribution >= 0.6 is 0 Å². The van der Waals surface area contributed by atoms with E-state index in [1.54, 1.807) is 0 Å². The molecule has 41 heavy (non-hydrogen) atoms. The molecule has 0 bridgehead atoms. The summed E-state index contributed by atoms with van der Waals surface area (Å²) >= 11 is 0. The topological polar surface area (TPSA) is 17.8 Å². The first-order valence-corrected chi connectivity index (χ1v) is 15.6. The number of nitrogens with zero attached hydrogens (tertiary/aromatic N) is 2. The van der Waals surface area contributed by atoms with Crippen molar-refractivity contribution in [1.82, 2.24) is 9.55 Å². The molecule has 0 radical (unpaired) electrons. The Morgan fingerprint density at radius 3 is 2.39 bits per heavy atom. The summed E-state index contributed by atoms with van der Waals surface area (Å²) in [4.78, 5) is 4.82. The lowest BCUT2D eigenvalue weighted by Gasteiger charge is -2.21. The highest BCUT2D eigenvalue weighted by Gasteiger charge is 2.25. The number of unbranched alkanes of at least 4 members (excludes halogenated alkanes) is 4. The van der Waals surface area contributed by atoms with Crippen molar-refractivity contribution in [2.75, 3.05) is 0 Å². The lowest BCUT2D eigenvalue weighted by molar-refractivity contribution is 0.412. The van der Waals surface area contributed by atoms with Gasteiger partial charge < -0.3 is 4.57 Å². The van der Waals surface area contributed by atoms with Crippen LogP contribution in [0.15, 0.2) is 67.4 Å². The van der Waals surface area contributed by atoms with Gasteiger partial charge in [0, 0.05) is 29.2 Å². The summed E-state index contributed by atoms with van der Waals surface area (Å²) in [5.74, 6) is 0.330. The smallest absolute Gasteiger partial charge is 0.115 e. The molecular weight excluding hydrogens is 503 g/mol. The number of hydrogen-bond donors (Lipinski definition) is 0. The van der Waals surface area contributed by atoms with E-state index in [1.807, 2.05) is 18.3 Å². The van der Waals surface area contributed by atoms with Gasteiger partial charge in [0.2, 0.25) is 0 Å². The average Bonchev–Trinajstić information content (AvgIpc) is 3.25. The van der Waals surface area contributed by atoms with E-state index >= 15 is 0 Å². The fourth-order valence-corrected chi connectivity index (χ4v) is 6.15. The third-order valence-corrected chi connectivity index (χ3v) is 8.00. The SMILES string of the molecule is C=CCCCCCCc1cc(CF)cc(-c2ccc3c(c2)c(CC(C)(C)C)c(-c2cccnc2C(C)C)n3CC)c1. The first kappa shape index (κ1) is 30.8. The fourth-order valence-electron chi connectivity index (χ4n) is 6.15. The van der Waals surface area contributed by atoms with E-state index in [9.17, 15) is 4.39 Å². The number of halogens is 1. The molecule has 0 unspecified atom stereocenters. The van der Waals surface area contributed by atoms with E-state index in [0.29, 0.717) is 5.92 Å². The maximum absolute atomic E-state index is 14.0. The van der Waals surface area contributed by atoms with E-state index in [1.165, 1.54) is 52.5 Å². The molecule has 0 saturated carbocycles. The van der Waals surface area contributed by atoms with Crippen molar-refractivity contribution in [3.8, 4) is 22.4 Å². The molecule has 0 aliphatic carbocycles. The van der Waals surface area contributed by atoms with Crippen LogP contribution in [-0.2, 0) is 26.1 Å². The Hall–Kier alpha value is -3.20. The van der Waals surface area contributed by atoms with Gasteiger partial charge in [-0.15, -0.1) is 6.58 Å². The molecule has 0 spiro atoms. The number of allylic oxidation sites excluding steroid dienone is 1. The predicted octanol–water partition coefficient (Wildman–Crippen LogP) is 11.3. The van der Waals surface area contributed by atoms with Crippen LogP contribution in [-0.4, -0.2) is 9.55 Å². The summed E-state index contributed by atoms with van der Waals surface area (Å²) in [6.45, 7) is 17.9. The van der Waals surface area contributed by atoms with Crippen LogP contribution in [0.25, 0.3) is 33.3 Å². The molecule has 2 aromatic carbocycles. The van der Waals surface area contributed by atoms with Gasteiger partial charge in [-0.3, -0.25) is 4.98 Å². The number of alkyl halides is 1. The van der Waals surface area contributed by atoms with Crippen molar-refractivity contribution in [3.63, 3.8) is 0 Å². The zero-order chi connectivity index (χ0) is 29.6. The molecule has 3 heteroatoms. The van der Waals surface area contributed by atoms with Crippen LogP contribution in [0.3, 0.4) is 0 Å². The third-order valence-electron chi connectivity index (χ3n) is 8.00. The molecule has 2 heterocycles. The summed E-state index contributed by atoms with van der Waals surface area (Å²) in [6.07, 6.45) is 11.7. The number of aryl methyl sites for hydroxylation is 2. The number of hydrogen-bond acceptors (Lipinski definition) is 1. The maximum Gasteiger partial charge on any atom is 0.115 e. The van der Waals surface area contributed by atoms with Gasteiger partial charge in [0.05, 0.1) is 11.4 Å². The molecule has 4 rings (SSSR count). The number of benzene rings is 2. The van der Waals surface area contributed by atoms with Gasteiger partial charge >= 0.3 is 0 Å². The quantitative estimate of drug-likeness (QED) is 0.119. The van der Waals surface area contributed by atoms with Crippen LogP contribution in [0.1, 0.15) is 102 Å². The summed E-state index contributed by atoms with van der Waals surface area (Å²) in [7, 11) is 0. The second-order valence-electron chi connectivity index (χ2n) is 13.0. The predicted molar refractivity (Wildman–Crippen MR) is 175 cm³/mol. The lowest BCUT2D eigenvalue weighted by atomic mass is 9.85. The van der Waals surface area contributed by atoms with Crippen molar-refractivity contribution in [2.45, 2.75) is 106 Å². The average molecular weight is 553 g/mol. The minimum absolute atomic E-state index is 0.116. The van der Waals surface area contributed by atoms with Crippen LogP contribution in [0.2, 0.25) is 0 Å². The third kappa shape index (κ3) is 7.36. The van der Waals surface area contributed by atoms with Crippen LogP contribution < -0.4 is 0 Å². The largest absolute Gasteiger partial charge is 0.340 e. The molecule has 0 aliphatic rings. The van der Waals surface area contributed by atoms with Crippen molar-refractivity contribution < 1.29 is 4.39 Å². The van der Waals surface area contributed by atoms with Crippen molar-refractivity contribution in [1.29, 1.82) is 0 Å². The molecule has 0 atom stereocenters. The number of aromatic nitrogens is 2. The highest BCUT2D eigenvalue weighted by atomic mass is 19.1. The number of pyridine rings is 1. The molecular formula is C38H49FN2. The second-order valence-corrected chi connectivity index (χ2v) is 13.0. The van der Waals surface area contributed by atoms with Crippen molar-refractivity contribution >= 4 is 10.9 Å². The Labute approximate surface area is 247 Å². The normalized spacial score (nSPS) is 12.0. The Bertz CT molecular complexity index is 1470. The highest BCUT2D eigenvalue weighted by Crippen LogP contribution is 2.41. The Morgan fingerprint density at radius 1 is 0.951 bits per heavy atom. The van der Waals surface area contributed by atoms with E-state index < -0.39 is 6.67 Å². The van der Waals surface area contributed by atoms with Crippen molar-refractivity contribution in [3.05, 3.63) is 89.8 Å². The Morgan fingerprint density at radius 2 is 1.71 bits per heavy atom. The monoisotopic (exact) mass is 552 g/mol. The summed E-state index contributed by atoms with van der Waals surface area (Å²) in [5.41, 5.74) is 10.7. The fraction of sp³-hybridized carbons (Fsp3) is 0.447. The summed E-state index contributed by atoms with van der Waals surface area (Å²) in [5, 5.41) is 1.29. The van der Waals surface area contributed by atoms with Gasteiger partial charge in [-0.05, 0) is 109 Å². The molecule has 0 N–H and O–H groups in total. The van der Waals surface area contributed by atoms with Gasteiger partial charge in [-0.1, -0.05) is 71.7 Å². The van der Waals surface area contributed by atoms with Crippen LogP contribution in [0.5, 0.6) is 0 Å². The maximum atomic E-state index is 14.0. The van der Waals surface area contributed by atoms with E-state index in [4.69, 9.17) is 4.98 Å². The van der Waals surface area contributed by atoms with Gasteiger partial charge in [0.1, 0.15) is 6.67 Å². The highest BCUT2D eigenvalue weighted by molar-refractivity contribution is 5.95. The van der Waals surface area contributed by atoms with Gasteiger partial charge in [0.15, 0.2) is 0 Å². The zero-order valence-electron chi connectivity index (χ0n) is 26.2. The molecule has 218 valence electrons. The van der Waals surface area contributed by atoms with E-state index in [0.717, 1.165) is 54.6 Å². The Balaban J connectivity index is 1.83. The molecule has 0 fully saturated rings. The Kier molecular flexibility index (Phi) is 10.2. The molecule has 0 aliphatic heterocycles. The van der Waals surface area contributed by atoms with Crippen LogP contribution in [0, 0.1) is 5.41 Å². The second kappa shape index (κ2) is 13.6. The summed E-state index contributed by atoms with van der Waals surface area (Å²) in [6, 6.07) is 17.5. The summed E-state index contributed by atoms with van der Waals surface area (Å²) < 4.78 is 16.5. The number of fused-ring (bicyclic) bond motifs is 1. The molecule has 2 aromatic heterocycles. The zero-order valence-corrected chi connectivity index (χ0v) is 26.2. The molecule has 4 aromatic rings. The lowest BCUT2D eigenvalue weighted by Crippen LogP contribution is -2.11. The van der Waals surface area contributed by atoms with E-state index in [2.05, 4.69) is 95.2 Å². The molecule has 0 amide bonds. The minimum Gasteiger partial charge on any atom is -0.340 e. The van der Waals surface area contributed by atoms with Gasteiger partial charge in [-0.2, -0.15) is 0 Å². The van der Waals surface area contributed by atoms with Crippen molar-refractivity contribution in [2.24, 2.45) is 5.41 Å². The molecule has 2 nitrogen and oxygen atoms in total. The minimum atomic E-state index is -0.437. The van der Waals surface area contributed by atoms with Gasteiger partial charge in [-0.25, -0.2) is 4.39 Å². The molecule has 0 saturated heterocycles. The first-order valence-electron chi connectivity index (χ1n) is 15.6.